The van der Waals surface area contributed by atoms with Gasteiger partial charge in [0.25, 0.3) is 0 Å². The molecular weight excluding hydrogens is 162 g/mol. The van der Waals surface area contributed by atoms with E-state index in [-0.39, 0.29) is 16.7 Å². The zero-order chi connectivity index (χ0) is 9.91. The highest BCUT2D eigenvalue weighted by molar-refractivity contribution is 5.85. The van der Waals surface area contributed by atoms with E-state index in [4.69, 9.17) is 5.73 Å². The molecule has 0 aromatic carbocycles. The summed E-state index contributed by atoms with van der Waals surface area (Å²) in [6, 6.07) is 0. The van der Waals surface area contributed by atoms with Gasteiger partial charge in [0, 0.05) is 0 Å². The molecule has 2 fully saturated rings. The Balaban J connectivity index is 2.50. The Bertz CT molecular complexity index is 259. The number of hydrogen-bond donors (Lipinski definition) is 1. The summed E-state index contributed by atoms with van der Waals surface area (Å²) in [4.78, 5) is 11.5. The van der Waals surface area contributed by atoms with Crippen molar-refractivity contribution in [3.8, 4) is 0 Å². The second-order valence-corrected chi connectivity index (χ2v) is 5.43. The number of fused-ring (bicyclic) bond motifs is 2. The molecule has 73 valence electrons. The van der Waals surface area contributed by atoms with Crippen molar-refractivity contribution in [2.75, 3.05) is 0 Å². The van der Waals surface area contributed by atoms with Crippen LogP contribution in [-0.4, -0.2) is 5.91 Å². The molecule has 0 aromatic rings. The van der Waals surface area contributed by atoms with E-state index in [0.29, 0.717) is 5.41 Å². The number of hydrogen-bond acceptors (Lipinski definition) is 1. The molecule has 0 aliphatic heterocycles. The summed E-state index contributed by atoms with van der Waals surface area (Å²) in [7, 11) is 0. The molecule has 0 heterocycles. The molecule has 2 unspecified atom stereocenters. The Kier molecular flexibility index (Phi) is 1.46. The largest absolute Gasteiger partial charge is 0.369 e. The molecule has 2 heteroatoms. The van der Waals surface area contributed by atoms with Crippen molar-refractivity contribution in [3.05, 3.63) is 6.42 Å². The first-order chi connectivity index (χ1) is 5.86. The maximum atomic E-state index is 11.5. The molecule has 2 N–H and O–H groups in total. The van der Waals surface area contributed by atoms with Gasteiger partial charge in [-0.3, -0.25) is 4.79 Å². The van der Waals surface area contributed by atoms with Crippen LogP contribution in [0.3, 0.4) is 0 Å². The minimum absolute atomic E-state index is 0.0475. The number of primary amides is 1. The van der Waals surface area contributed by atoms with Gasteiger partial charge in [0.2, 0.25) is 5.91 Å². The van der Waals surface area contributed by atoms with Gasteiger partial charge in [0.1, 0.15) is 0 Å². The Labute approximate surface area is 79.9 Å². The van der Waals surface area contributed by atoms with Crippen LogP contribution in [0.15, 0.2) is 0 Å². The monoisotopic (exact) mass is 180 g/mol. The molecule has 2 atom stereocenters. The minimum Gasteiger partial charge on any atom is -0.369 e. The number of carbonyl (C=O) groups excluding carboxylic acids is 1. The van der Waals surface area contributed by atoms with Gasteiger partial charge in [0.15, 0.2) is 0 Å². The fourth-order valence-electron chi connectivity index (χ4n) is 3.28. The normalized spacial score (nSPS) is 46.7. The average molecular weight is 180 g/mol. The van der Waals surface area contributed by atoms with Gasteiger partial charge < -0.3 is 5.73 Å². The van der Waals surface area contributed by atoms with Gasteiger partial charge in [-0.2, -0.15) is 0 Å². The molecule has 0 saturated heterocycles. The second kappa shape index (κ2) is 2.10. The van der Waals surface area contributed by atoms with Crippen LogP contribution in [0.1, 0.15) is 40.0 Å². The summed E-state index contributed by atoms with van der Waals surface area (Å²) in [5.41, 5.74) is 5.56. The maximum absolute atomic E-state index is 11.5. The van der Waals surface area contributed by atoms with E-state index < -0.39 is 0 Å². The fraction of sp³-hybridized carbons (Fsp3) is 0.818. The van der Waals surface area contributed by atoms with Crippen molar-refractivity contribution in [1.29, 1.82) is 0 Å². The molecule has 2 rings (SSSR count). The highest BCUT2D eigenvalue weighted by atomic mass is 16.1. The summed E-state index contributed by atoms with van der Waals surface area (Å²) in [6.45, 7) is 6.66. The first-order valence-corrected chi connectivity index (χ1v) is 5.00. The number of amides is 1. The molecule has 2 bridgehead atoms. The number of nitrogens with two attached hydrogens (primary N) is 1. The van der Waals surface area contributed by atoms with E-state index in [2.05, 4.69) is 27.2 Å². The van der Waals surface area contributed by atoms with Crippen molar-refractivity contribution in [1.82, 2.24) is 0 Å². The van der Waals surface area contributed by atoms with Crippen molar-refractivity contribution < 1.29 is 4.79 Å². The van der Waals surface area contributed by atoms with E-state index in [9.17, 15) is 4.79 Å². The van der Waals surface area contributed by atoms with Crippen LogP contribution in [0.2, 0.25) is 0 Å². The van der Waals surface area contributed by atoms with Gasteiger partial charge in [-0.15, -0.1) is 0 Å². The van der Waals surface area contributed by atoms with E-state index >= 15 is 0 Å². The summed E-state index contributed by atoms with van der Waals surface area (Å²) in [5, 5.41) is 0. The maximum Gasteiger partial charge on any atom is 0.224 e. The summed E-state index contributed by atoms with van der Waals surface area (Å²) in [5.74, 6) is -0.126. The van der Waals surface area contributed by atoms with E-state index in [1.165, 1.54) is 0 Å². The van der Waals surface area contributed by atoms with E-state index in [1.54, 1.807) is 0 Å². The third kappa shape index (κ3) is 0.733. The lowest BCUT2D eigenvalue weighted by Crippen LogP contribution is -2.44. The molecule has 0 aromatic heterocycles. The minimum atomic E-state index is -0.318. The number of carbonyl (C=O) groups is 1. The molecular formula is C11H18NO. The standard InChI is InChI=1S/C11H18NO/c1-9(2)10(3)4-6-11(9,7-5-10)8(12)13/h6H,4-5,7H2,1-3H3,(H2,12,13). The zero-order valence-corrected chi connectivity index (χ0v) is 8.68. The molecule has 2 aliphatic carbocycles. The van der Waals surface area contributed by atoms with Gasteiger partial charge in [-0.1, -0.05) is 20.8 Å². The second-order valence-electron chi connectivity index (χ2n) is 5.43. The first-order valence-electron chi connectivity index (χ1n) is 5.00. The SMILES string of the molecule is CC12C[CH]C(C(N)=O)(CC1)C2(C)C. The Hall–Kier alpha value is -0.530. The lowest BCUT2D eigenvalue weighted by molar-refractivity contribution is -0.130. The average Bonchev–Trinajstić information content (AvgIpc) is 2.34. The highest BCUT2D eigenvalue weighted by Crippen LogP contribution is 2.71. The van der Waals surface area contributed by atoms with Gasteiger partial charge >= 0.3 is 0 Å². The molecule has 2 aliphatic rings. The zero-order valence-electron chi connectivity index (χ0n) is 8.68. The summed E-state index contributed by atoms with van der Waals surface area (Å²) in [6.07, 6.45) is 5.30. The van der Waals surface area contributed by atoms with Gasteiger partial charge in [0.05, 0.1) is 5.41 Å². The van der Waals surface area contributed by atoms with Crippen LogP contribution < -0.4 is 5.73 Å². The highest BCUT2D eigenvalue weighted by Gasteiger charge is 2.67. The third-order valence-corrected chi connectivity index (χ3v) is 5.04. The summed E-state index contributed by atoms with van der Waals surface area (Å²) >= 11 is 0. The van der Waals surface area contributed by atoms with Crippen molar-refractivity contribution in [2.24, 2.45) is 22.0 Å². The van der Waals surface area contributed by atoms with Crippen LogP contribution in [-0.2, 0) is 4.79 Å². The Morgan fingerprint density at radius 2 is 1.92 bits per heavy atom. The lowest BCUT2D eigenvalue weighted by atomic mass is 9.65. The van der Waals surface area contributed by atoms with Crippen molar-refractivity contribution in [3.63, 3.8) is 0 Å². The predicted molar refractivity (Wildman–Crippen MR) is 51.7 cm³/mol. The van der Waals surface area contributed by atoms with Crippen molar-refractivity contribution >= 4 is 5.91 Å². The van der Waals surface area contributed by atoms with Crippen LogP contribution in [0.25, 0.3) is 0 Å². The molecule has 1 radical (unpaired) electrons. The van der Waals surface area contributed by atoms with E-state index in [0.717, 1.165) is 19.3 Å². The van der Waals surface area contributed by atoms with Crippen LogP contribution in [0.4, 0.5) is 0 Å². The number of rotatable bonds is 1. The fourth-order valence-corrected chi connectivity index (χ4v) is 3.28. The first kappa shape index (κ1) is 9.04. The molecule has 13 heavy (non-hydrogen) atoms. The van der Waals surface area contributed by atoms with Crippen LogP contribution in [0.5, 0.6) is 0 Å². The molecule has 2 saturated carbocycles. The molecule has 1 amide bonds. The lowest BCUT2D eigenvalue weighted by Gasteiger charge is -2.38. The molecule has 0 spiro atoms. The third-order valence-electron chi connectivity index (χ3n) is 5.04. The Morgan fingerprint density at radius 1 is 1.31 bits per heavy atom. The van der Waals surface area contributed by atoms with Gasteiger partial charge in [-0.25, -0.2) is 0 Å². The predicted octanol–water partition coefficient (Wildman–Crippen LogP) is 1.89. The Morgan fingerprint density at radius 3 is 2.08 bits per heavy atom. The smallest absolute Gasteiger partial charge is 0.224 e. The summed E-state index contributed by atoms with van der Waals surface area (Å²) < 4.78 is 0. The topological polar surface area (TPSA) is 43.1 Å². The van der Waals surface area contributed by atoms with Gasteiger partial charge in [-0.05, 0) is 36.5 Å². The van der Waals surface area contributed by atoms with Crippen LogP contribution in [0, 0.1) is 22.7 Å². The molecule has 2 nitrogen and oxygen atoms in total. The van der Waals surface area contributed by atoms with E-state index in [1.807, 2.05) is 0 Å². The quantitative estimate of drug-likeness (QED) is 0.658. The van der Waals surface area contributed by atoms with Crippen LogP contribution >= 0.6 is 0 Å². The van der Waals surface area contributed by atoms with Crippen molar-refractivity contribution in [2.45, 2.75) is 40.0 Å².